The second-order valence-corrected chi connectivity index (χ2v) is 2.03. The van der Waals surface area contributed by atoms with Gasteiger partial charge in [0.2, 0.25) is 5.83 Å². The lowest BCUT2D eigenvalue weighted by atomic mass is 10.2. The SMILES string of the molecule is CCCC(F)(F)C(F)=C(F)F. The van der Waals surface area contributed by atoms with Gasteiger partial charge in [-0.2, -0.15) is 22.0 Å². The van der Waals surface area contributed by atoms with Gasteiger partial charge in [0.25, 0.3) is 0 Å². The third-order valence-corrected chi connectivity index (χ3v) is 1.05. The molecule has 0 aliphatic heterocycles. The Morgan fingerprint density at radius 3 is 1.91 bits per heavy atom. The monoisotopic (exact) mass is 174 g/mol. The summed E-state index contributed by atoms with van der Waals surface area (Å²) in [6, 6.07) is 0. The molecule has 0 nitrogen and oxygen atoms in total. The molecule has 0 bridgehead atoms. The first-order valence-corrected chi connectivity index (χ1v) is 3.01. The van der Waals surface area contributed by atoms with Gasteiger partial charge >= 0.3 is 12.0 Å². The van der Waals surface area contributed by atoms with Crippen LogP contribution in [0, 0.1) is 0 Å². The Kier molecular flexibility index (Phi) is 3.48. The van der Waals surface area contributed by atoms with E-state index in [1.165, 1.54) is 6.92 Å². The lowest BCUT2D eigenvalue weighted by Gasteiger charge is -2.10. The zero-order chi connectivity index (χ0) is 9.07. The first kappa shape index (κ1) is 10.4. The van der Waals surface area contributed by atoms with Crippen molar-refractivity contribution in [3.63, 3.8) is 0 Å². The Morgan fingerprint density at radius 1 is 1.18 bits per heavy atom. The molecule has 0 aromatic carbocycles. The minimum absolute atomic E-state index is 0.0479. The predicted molar refractivity (Wildman–Crippen MR) is 30.2 cm³/mol. The number of rotatable bonds is 3. The highest BCUT2D eigenvalue weighted by Gasteiger charge is 2.37. The van der Waals surface area contributed by atoms with Crippen LogP contribution in [0.5, 0.6) is 0 Å². The standard InChI is InChI=1S/C6H7F5/c1-2-3-6(10,11)4(7)5(8)9/h2-3H2,1H3. The van der Waals surface area contributed by atoms with Crippen LogP contribution in [0.2, 0.25) is 0 Å². The second kappa shape index (κ2) is 3.69. The van der Waals surface area contributed by atoms with Crippen LogP contribution in [0.1, 0.15) is 19.8 Å². The molecule has 66 valence electrons. The Labute approximate surface area is 60.7 Å². The van der Waals surface area contributed by atoms with E-state index < -0.39 is 24.3 Å². The molecule has 0 aromatic rings. The van der Waals surface area contributed by atoms with Gasteiger partial charge in [-0.3, -0.25) is 0 Å². The Bertz CT molecular complexity index is 156. The highest BCUT2D eigenvalue weighted by molar-refractivity contribution is 5.03. The average molecular weight is 174 g/mol. The normalized spacial score (nSPS) is 11.5. The van der Waals surface area contributed by atoms with Gasteiger partial charge in [0.05, 0.1) is 0 Å². The predicted octanol–water partition coefficient (Wildman–Crippen LogP) is 3.50. The van der Waals surface area contributed by atoms with Crippen molar-refractivity contribution < 1.29 is 22.0 Å². The van der Waals surface area contributed by atoms with Gasteiger partial charge in [-0.15, -0.1) is 0 Å². The van der Waals surface area contributed by atoms with Crippen molar-refractivity contribution in [2.75, 3.05) is 0 Å². The molecule has 11 heavy (non-hydrogen) atoms. The van der Waals surface area contributed by atoms with E-state index >= 15 is 0 Å². The van der Waals surface area contributed by atoms with Crippen LogP contribution in [0.4, 0.5) is 22.0 Å². The van der Waals surface area contributed by atoms with Gasteiger partial charge in [0.1, 0.15) is 0 Å². The number of hydrogen-bond donors (Lipinski definition) is 0. The summed E-state index contributed by atoms with van der Waals surface area (Å²) in [6.07, 6.45) is -3.88. The first-order chi connectivity index (χ1) is 4.91. The van der Waals surface area contributed by atoms with E-state index in [9.17, 15) is 22.0 Å². The maximum Gasteiger partial charge on any atom is 0.307 e. The highest BCUT2D eigenvalue weighted by atomic mass is 19.3. The van der Waals surface area contributed by atoms with E-state index in [0.717, 1.165) is 0 Å². The van der Waals surface area contributed by atoms with E-state index in [4.69, 9.17) is 0 Å². The zero-order valence-electron chi connectivity index (χ0n) is 5.80. The summed E-state index contributed by atoms with van der Waals surface area (Å²) in [7, 11) is 0. The zero-order valence-corrected chi connectivity index (χ0v) is 5.80. The van der Waals surface area contributed by atoms with Crippen molar-refractivity contribution in [3.05, 3.63) is 11.9 Å². The molecule has 0 aromatic heterocycles. The molecule has 0 saturated carbocycles. The van der Waals surface area contributed by atoms with Crippen molar-refractivity contribution in [2.24, 2.45) is 0 Å². The molecule has 0 amide bonds. The topological polar surface area (TPSA) is 0 Å². The molecule has 0 fully saturated rings. The molecule has 0 spiro atoms. The van der Waals surface area contributed by atoms with E-state index in [1.807, 2.05) is 0 Å². The van der Waals surface area contributed by atoms with Crippen LogP contribution >= 0.6 is 0 Å². The van der Waals surface area contributed by atoms with Crippen LogP contribution in [-0.4, -0.2) is 5.92 Å². The van der Waals surface area contributed by atoms with Gasteiger partial charge in [-0.25, -0.2) is 0 Å². The van der Waals surface area contributed by atoms with E-state index in [0.29, 0.717) is 0 Å². The van der Waals surface area contributed by atoms with E-state index in [-0.39, 0.29) is 6.42 Å². The quantitative estimate of drug-likeness (QED) is 0.574. The first-order valence-electron chi connectivity index (χ1n) is 3.01. The molecule has 0 N–H and O–H groups in total. The van der Waals surface area contributed by atoms with Crippen LogP contribution in [-0.2, 0) is 0 Å². The van der Waals surface area contributed by atoms with Crippen molar-refractivity contribution >= 4 is 0 Å². The fourth-order valence-electron chi connectivity index (χ4n) is 0.562. The summed E-state index contributed by atoms with van der Waals surface area (Å²) in [4.78, 5) is 0. The fourth-order valence-corrected chi connectivity index (χ4v) is 0.562. The number of halogens is 5. The second-order valence-electron chi connectivity index (χ2n) is 2.03. The van der Waals surface area contributed by atoms with Gasteiger partial charge in [-0.1, -0.05) is 6.92 Å². The van der Waals surface area contributed by atoms with Gasteiger partial charge in [0, 0.05) is 6.42 Å². The van der Waals surface area contributed by atoms with Crippen LogP contribution in [0.25, 0.3) is 0 Å². The van der Waals surface area contributed by atoms with Crippen molar-refractivity contribution in [1.29, 1.82) is 0 Å². The molecule has 0 heterocycles. The Hall–Kier alpha value is -0.610. The molecular formula is C6H7F5. The largest absolute Gasteiger partial charge is 0.307 e. The highest BCUT2D eigenvalue weighted by Crippen LogP contribution is 2.32. The fraction of sp³-hybridized carbons (Fsp3) is 0.667. The number of hydrogen-bond acceptors (Lipinski definition) is 0. The molecule has 0 aliphatic carbocycles. The molecule has 0 unspecified atom stereocenters. The summed E-state index contributed by atoms with van der Waals surface area (Å²) in [6.45, 7) is 1.36. The van der Waals surface area contributed by atoms with Crippen molar-refractivity contribution in [3.8, 4) is 0 Å². The van der Waals surface area contributed by atoms with Crippen molar-refractivity contribution in [2.45, 2.75) is 25.7 Å². The third kappa shape index (κ3) is 2.86. The third-order valence-electron chi connectivity index (χ3n) is 1.05. The van der Waals surface area contributed by atoms with Crippen LogP contribution in [0.15, 0.2) is 11.9 Å². The van der Waals surface area contributed by atoms with E-state index in [2.05, 4.69) is 0 Å². The minimum Gasteiger partial charge on any atom is -0.199 e. The maximum atomic E-state index is 12.2. The molecule has 0 radical (unpaired) electrons. The summed E-state index contributed by atoms with van der Waals surface area (Å²) >= 11 is 0. The van der Waals surface area contributed by atoms with Crippen LogP contribution < -0.4 is 0 Å². The molecular weight excluding hydrogens is 167 g/mol. The molecule has 0 atom stereocenters. The Morgan fingerprint density at radius 2 is 1.64 bits per heavy atom. The van der Waals surface area contributed by atoms with Gasteiger partial charge < -0.3 is 0 Å². The summed E-state index contributed by atoms with van der Waals surface area (Å²) in [5, 5.41) is 0. The molecule has 0 saturated heterocycles. The van der Waals surface area contributed by atoms with Gasteiger partial charge in [0.15, 0.2) is 0 Å². The lowest BCUT2D eigenvalue weighted by molar-refractivity contribution is 0.00181. The molecule has 0 aliphatic rings. The average Bonchev–Trinajstić information content (AvgIpc) is 1.86. The minimum atomic E-state index is -4.01. The van der Waals surface area contributed by atoms with Crippen LogP contribution in [0.3, 0.4) is 0 Å². The van der Waals surface area contributed by atoms with Crippen molar-refractivity contribution in [1.82, 2.24) is 0 Å². The molecule has 0 rings (SSSR count). The smallest absolute Gasteiger partial charge is 0.199 e. The number of allylic oxidation sites excluding steroid dienone is 1. The van der Waals surface area contributed by atoms with Gasteiger partial charge in [-0.05, 0) is 6.42 Å². The maximum absolute atomic E-state index is 12.2. The number of alkyl halides is 2. The van der Waals surface area contributed by atoms with E-state index in [1.54, 1.807) is 0 Å². The summed E-state index contributed by atoms with van der Waals surface area (Å²) < 4.78 is 58.7. The molecule has 5 heteroatoms. The summed E-state index contributed by atoms with van der Waals surface area (Å²) in [5.74, 6) is -6.62. The lowest BCUT2D eigenvalue weighted by Crippen LogP contribution is -2.16. The Balaban J connectivity index is 4.42. The summed E-state index contributed by atoms with van der Waals surface area (Å²) in [5.41, 5.74) is 0.